The van der Waals surface area contributed by atoms with Crippen LogP contribution >= 0.6 is 31.9 Å². The molecule has 3 aromatic rings. The van der Waals surface area contributed by atoms with Crippen LogP contribution in [0.25, 0.3) is 10.9 Å². The van der Waals surface area contributed by atoms with E-state index in [0.717, 1.165) is 62.0 Å². The fourth-order valence-corrected chi connectivity index (χ4v) is 13.8. The quantitative estimate of drug-likeness (QED) is 0.185. The van der Waals surface area contributed by atoms with E-state index in [0.29, 0.717) is 50.1 Å². The van der Waals surface area contributed by atoms with Crippen LogP contribution in [0.4, 0.5) is 5.69 Å². The highest BCUT2D eigenvalue weighted by Crippen LogP contribution is 2.68. The Morgan fingerprint density at radius 3 is 2.50 bits per heavy atom. The standard InChI is InChI=1S/C44H50Br2N4O8/c1-7-41-12-8-14-50-16-13-42(36(41)50)30-19-31(34(55-4)20-33(30)48(3)37(42)44(54,40(53)57-6)38(41)58-24(2)51)43(39(52)56-5)21-25-17-27(46)23-49(22-25)15-11-28-29-18-26(45)9-10-32(29)47-35(28)43/h8-10,12,17-20,25,36-38,47,54H,7,11,13-16,21-23H2,1-6H3/t25-,36-,37?,38+,41+,42+,43-,44-/m0/s1. The van der Waals surface area contributed by atoms with Gasteiger partial charge in [-0.15, -0.1) is 0 Å². The molecule has 6 heterocycles. The summed E-state index contributed by atoms with van der Waals surface area (Å²) in [5.74, 6) is -1.44. The normalized spacial score (nSPS) is 34.7. The summed E-state index contributed by atoms with van der Waals surface area (Å²) in [4.78, 5) is 53.2. The van der Waals surface area contributed by atoms with E-state index in [-0.39, 0.29) is 12.0 Å². The number of anilines is 1. The Hall–Kier alpha value is -3.69. The van der Waals surface area contributed by atoms with Crippen LogP contribution in [-0.4, -0.2) is 123 Å². The van der Waals surface area contributed by atoms with Crippen molar-refractivity contribution in [2.24, 2.45) is 11.3 Å². The molecule has 1 saturated carbocycles. The second-order valence-corrected chi connectivity index (χ2v) is 19.0. The molecule has 0 radical (unpaired) electrons. The van der Waals surface area contributed by atoms with E-state index in [2.05, 4.69) is 77.0 Å². The Bertz CT molecular complexity index is 2310. The van der Waals surface area contributed by atoms with Gasteiger partial charge in [-0.25, -0.2) is 4.79 Å². The van der Waals surface area contributed by atoms with Crippen LogP contribution in [0.3, 0.4) is 0 Å². The number of rotatable bonds is 6. The van der Waals surface area contributed by atoms with Crippen LogP contribution in [0.15, 0.2) is 57.5 Å². The Kier molecular flexibility index (Phi) is 9.55. The third-order valence-corrected chi connectivity index (χ3v) is 15.6. The number of aromatic amines is 1. The summed E-state index contributed by atoms with van der Waals surface area (Å²) >= 11 is 7.55. The van der Waals surface area contributed by atoms with Crippen LogP contribution in [0.1, 0.15) is 55.5 Å². The predicted octanol–water partition coefficient (Wildman–Crippen LogP) is 5.50. The number of nitrogens with one attached hydrogen (secondary N) is 1. The van der Waals surface area contributed by atoms with Gasteiger partial charge >= 0.3 is 17.9 Å². The van der Waals surface area contributed by atoms with E-state index in [4.69, 9.17) is 18.9 Å². The number of hydrogen-bond acceptors (Lipinski definition) is 11. The molecule has 308 valence electrons. The number of likely N-dealkylation sites (N-methyl/N-ethyl adjacent to an activating group) is 1. The molecular formula is C44H50Br2N4O8. The van der Waals surface area contributed by atoms with Crippen molar-refractivity contribution in [2.75, 3.05) is 66.0 Å². The van der Waals surface area contributed by atoms with Crippen molar-refractivity contribution in [2.45, 2.75) is 74.1 Å². The molecule has 9 atom stereocenters. The first-order valence-electron chi connectivity index (χ1n) is 20.1. The summed E-state index contributed by atoms with van der Waals surface area (Å²) < 4.78 is 25.9. The highest BCUT2D eigenvalue weighted by Gasteiger charge is 2.80. The number of carbonyl (C=O) groups is 3. The molecule has 1 saturated heterocycles. The smallest absolute Gasteiger partial charge is 0.344 e. The number of hydrogen-bond donors (Lipinski definition) is 2. The predicted molar refractivity (Wildman–Crippen MR) is 225 cm³/mol. The molecule has 1 aliphatic carbocycles. The minimum Gasteiger partial charge on any atom is -0.496 e. The number of aliphatic hydroxyl groups is 1. The average molecular weight is 923 g/mol. The molecule has 58 heavy (non-hydrogen) atoms. The van der Waals surface area contributed by atoms with E-state index in [1.807, 2.05) is 37.1 Å². The Morgan fingerprint density at radius 1 is 1.02 bits per heavy atom. The zero-order valence-electron chi connectivity index (χ0n) is 33.7. The fourth-order valence-electron chi connectivity index (χ4n) is 12.7. The van der Waals surface area contributed by atoms with Gasteiger partial charge in [0.15, 0.2) is 6.10 Å². The van der Waals surface area contributed by atoms with E-state index < -0.39 is 51.9 Å². The van der Waals surface area contributed by atoms with Crippen molar-refractivity contribution in [3.63, 3.8) is 0 Å². The third-order valence-electron chi connectivity index (χ3n) is 14.5. The number of carbonyl (C=O) groups excluding carboxylic acids is 3. The van der Waals surface area contributed by atoms with Gasteiger partial charge in [0, 0.05) is 99.9 Å². The van der Waals surface area contributed by atoms with Gasteiger partial charge in [0.05, 0.1) is 27.4 Å². The lowest BCUT2D eigenvalue weighted by atomic mass is 9.47. The second-order valence-electron chi connectivity index (χ2n) is 17.1. The molecule has 12 nitrogen and oxygen atoms in total. The summed E-state index contributed by atoms with van der Waals surface area (Å²) in [6, 6.07) is 9.04. The Balaban J connectivity index is 1.38. The molecule has 0 amide bonds. The number of benzene rings is 2. The van der Waals surface area contributed by atoms with Crippen molar-refractivity contribution in [3.05, 3.63) is 79.9 Å². The van der Waals surface area contributed by atoms with Crippen molar-refractivity contribution in [1.29, 1.82) is 0 Å². The maximum Gasteiger partial charge on any atom is 0.344 e. The van der Waals surface area contributed by atoms with E-state index in [9.17, 15) is 14.7 Å². The lowest BCUT2D eigenvalue weighted by Crippen LogP contribution is -2.81. The van der Waals surface area contributed by atoms with Gasteiger partial charge in [-0.3, -0.25) is 19.4 Å². The lowest BCUT2D eigenvalue weighted by Gasteiger charge is -2.63. The third kappa shape index (κ3) is 5.16. The maximum atomic E-state index is 15.3. The Labute approximate surface area is 355 Å². The zero-order chi connectivity index (χ0) is 41.1. The molecule has 14 heteroatoms. The first-order chi connectivity index (χ1) is 27.7. The van der Waals surface area contributed by atoms with Crippen molar-refractivity contribution >= 4 is 66.4 Å². The number of esters is 3. The maximum absolute atomic E-state index is 15.3. The number of nitrogens with zero attached hydrogens (tertiary/aromatic N) is 3. The molecule has 9 rings (SSSR count). The number of ether oxygens (including phenoxy) is 4. The summed E-state index contributed by atoms with van der Waals surface area (Å²) in [6.45, 7) is 6.99. The summed E-state index contributed by atoms with van der Waals surface area (Å²) in [7, 11) is 6.19. The number of fused-ring (bicyclic) bond motifs is 6. The molecule has 1 aromatic heterocycles. The molecule has 6 aliphatic rings. The highest BCUT2D eigenvalue weighted by atomic mass is 79.9. The van der Waals surface area contributed by atoms with E-state index in [1.54, 1.807) is 7.11 Å². The van der Waals surface area contributed by atoms with Gasteiger partial charge in [0.1, 0.15) is 11.2 Å². The van der Waals surface area contributed by atoms with Gasteiger partial charge in [0.2, 0.25) is 5.60 Å². The lowest BCUT2D eigenvalue weighted by molar-refractivity contribution is -0.228. The summed E-state index contributed by atoms with van der Waals surface area (Å²) in [5, 5.41) is 14.3. The van der Waals surface area contributed by atoms with E-state index >= 15 is 4.79 Å². The first kappa shape index (κ1) is 39.8. The molecule has 2 N–H and O–H groups in total. The van der Waals surface area contributed by atoms with Gasteiger partial charge < -0.3 is 33.9 Å². The fraction of sp³-hybridized carbons (Fsp3) is 0.523. The molecule has 2 aromatic carbocycles. The SMILES string of the molecule is CC[C@]12C=CCN3CC[C@@]4(c5cc([C@@]6(C(=O)OC)C[C@@H]7C=C(Br)CN(CCc8c6[nH]c6ccc(Br)cc86)C7)c(OC)cc5N(C)C4[C@@](O)(C(=O)OC)[C@@H]1OC(C)=O)[C@@H]32. The van der Waals surface area contributed by atoms with Gasteiger partial charge in [-0.05, 0) is 73.5 Å². The van der Waals surface area contributed by atoms with Crippen LogP contribution < -0.4 is 9.64 Å². The van der Waals surface area contributed by atoms with Crippen LogP contribution in [0.2, 0.25) is 0 Å². The number of halogens is 2. The zero-order valence-corrected chi connectivity index (χ0v) is 36.9. The van der Waals surface area contributed by atoms with Crippen LogP contribution in [-0.2, 0) is 45.8 Å². The van der Waals surface area contributed by atoms with Gasteiger partial charge in [0.25, 0.3) is 0 Å². The summed E-state index contributed by atoms with van der Waals surface area (Å²) in [6.07, 6.45) is 7.22. The van der Waals surface area contributed by atoms with Crippen LogP contribution in [0.5, 0.6) is 5.75 Å². The van der Waals surface area contributed by atoms with Crippen molar-refractivity contribution < 1.29 is 38.4 Å². The topological polar surface area (TPSA) is 134 Å². The van der Waals surface area contributed by atoms with E-state index in [1.165, 1.54) is 21.1 Å². The molecular weight excluding hydrogens is 872 g/mol. The molecule has 5 aliphatic heterocycles. The molecule has 1 spiro atoms. The molecule has 2 fully saturated rings. The first-order valence-corrected chi connectivity index (χ1v) is 21.7. The van der Waals surface area contributed by atoms with Crippen molar-refractivity contribution in [3.8, 4) is 5.75 Å². The van der Waals surface area contributed by atoms with Crippen molar-refractivity contribution in [1.82, 2.24) is 14.8 Å². The van der Waals surface area contributed by atoms with Gasteiger partial charge in [-0.1, -0.05) is 57.0 Å². The molecule has 2 bridgehead atoms. The summed E-state index contributed by atoms with van der Waals surface area (Å²) in [5.41, 5.74) is -0.509. The molecule has 2 unspecified atom stereocenters. The minimum atomic E-state index is -2.29. The second kappa shape index (κ2) is 13.9. The average Bonchev–Trinajstić information content (AvgIpc) is 3.86. The van der Waals surface area contributed by atoms with Gasteiger partial charge in [-0.2, -0.15) is 0 Å². The Morgan fingerprint density at radius 2 is 1.79 bits per heavy atom. The largest absolute Gasteiger partial charge is 0.496 e. The minimum absolute atomic E-state index is 0.0420. The number of methoxy groups -OCH3 is 3. The number of aromatic nitrogens is 1. The number of H-pyrrole nitrogens is 1. The van der Waals surface area contributed by atoms with Crippen LogP contribution in [0, 0.1) is 11.3 Å². The monoisotopic (exact) mass is 920 g/mol. The highest BCUT2D eigenvalue weighted by molar-refractivity contribution is 9.11.